The Hall–Kier alpha value is -3.21. The molecule has 172 valence electrons. The molecular weight excluding hydrogens is 462 g/mol. The van der Waals surface area contributed by atoms with Crippen molar-refractivity contribution in [2.75, 3.05) is 35.7 Å². The minimum Gasteiger partial charge on any atom is -0.354 e. The van der Waals surface area contributed by atoms with Crippen LogP contribution in [0.5, 0.6) is 0 Å². The summed E-state index contributed by atoms with van der Waals surface area (Å²) in [6, 6.07) is 5.81. The number of amides is 2. The topological polar surface area (TPSA) is 111 Å². The Kier molecular flexibility index (Phi) is 6.77. The molecule has 0 spiro atoms. The normalized spacial score (nSPS) is 13.3. The van der Waals surface area contributed by atoms with E-state index in [1.54, 1.807) is 11.9 Å². The predicted octanol–water partition coefficient (Wildman–Crippen LogP) is 3.80. The average Bonchev–Trinajstić information content (AvgIpc) is 3.08. The molecule has 0 unspecified atom stereocenters. The molecule has 11 heteroatoms. The molecule has 4 rings (SSSR count). The van der Waals surface area contributed by atoms with E-state index in [-0.39, 0.29) is 11.8 Å². The molecule has 0 atom stereocenters. The third-order valence-corrected chi connectivity index (χ3v) is 6.61. The zero-order valence-corrected chi connectivity index (χ0v) is 20.0. The average molecular weight is 486 g/mol. The van der Waals surface area contributed by atoms with Crippen molar-refractivity contribution in [1.29, 1.82) is 0 Å². The number of rotatable bonds is 6. The third kappa shape index (κ3) is 4.77. The maximum Gasteiger partial charge on any atom is 0.263 e. The second-order valence-corrected chi connectivity index (χ2v) is 8.71. The fourth-order valence-corrected chi connectivity index (χ4v) is 4.66. The maximum absolute atomic E-state index is 12.4. The highest BCUT2D eigenvalue weighted by molar-refractivity contribution is 7.12. The van der Waals surface area contributed by atoms with Gasteiger partial charge in [0.25, 0.3) is 5.91 Å². The van der Waals surface area contributed by atoms with Crippen LogP contribution in [0.25, 0.3) is 0 Å². The van der Waals surface area contributed by atoms with E-state index < -0.39 is 0 Å². The summed E-state index contributed by atoms with van der Waals surface area (Å²) in [6.07, 6.45) is 1.50. The molecule has 2 amide bonds. The molecule has 1 aliphatic heterocycles. The first-order valence-corrected chi connectivity index (χ1v) is 11.7. The van der Waals surface area contributed by atoms with Crippen LogP contribution in [0, 0.1) is 6.92 Å². The molecule has 0 radical (unpaired) electrons. The summed E-state index contributed by atoms with van der Waals surface area (Å²) in [7, 11) is 1.59. The number of carbonyl (C=O) groups is 2. The van der Waals surface area contributed by atoms with Crippen LogP contribution in [-0.2, 0) is 11.3 Å². The summed E-state index contributed by atoms with van der Waals surface area (Å²) >= 11 is 7.68. The van der Waals surface area contributed by atoms with Crippen molar-refractivity contribution in [1.82, 2.24) is 20.6 Å². The highest BCUT2D eigenvalue weighted by atomic mass is 35.5. The van der Waals surface area contributed by atoms with Gasteiger partial charge in [0.15, 0.2) is 5.82 Å². The van der Waals surface area contributed by atoms with Crippen molar-refractivity contribution in [3.63, 3.8) is 0 Å². The van der Waals surface area contributed by atoms with E-state index in [0.717, 1.165) is 22.5 Å². The molecule has 1 aromatic carbocycles. The molecule has 1 aliphatic rings. The van der Waals surface area contributed by atoms with Crippen LogP contribution in [0.2, 0.25) is 5.02 Å². The van der Waals surface area contributed by atoms with Crippen molar-refractivity contribution in [3.8, 4) is 0 Å². The van der Waals surface area contributed by atoms with Gasteiger partial charge in [-0.3, -0.25) is 9.59 Å². The van der Waals surface area contributed by atoms with Gasteiger partial charge in [-0.1, -0.05) is 17.7 Å². The fraction of sp³-hybridized carbons (Fsp3) is 0.273. The standard InChI is InChI=1S/C22H24ClN7O2S/c1-4-30-16-7-14(6-5-13(16)8-25-10-17(30)31)27-22-26-9-15(23)20(29-22)28-18-12(2)11-33-19(18)21(32)24-3/h5-7,9,11,25H,4,8,10H2,1-3H3,(H,24,32)(H2,26,27,28,29). The molecule has 0 saturated carbocycles. The number of thiophene rings is 1. The fourth-order valence-electron chi connectivity index (χ4n) is 3.57. The van der Waals surface area contributed by atoms with Gasteiger partial charge in [-0.2, -0.15) is 4.98 Å². The van der Waals surface area contributed by atoms with E-state index >= 15 is 0 Å². The maximum atomic E-state index is 12.4. The van der Waals surface area contributed by atoms with E-state index in [1.807, 2.05) is 37.4 Å². The summed E-state index contributed by atoms with van der Waals surface area (Å²) in [5.41, 5.74) is 4.20. The van der Waals surface area contributed by atoms with Crippen LogP contribution < -0.4 is 26.2 Å². The van der Waals surface area contributed by atoms with E-state index in [2.05, 4.69) is 31.2 Å². The predicted molar refractivity (Wildman–Crippen MR) is 132 cm³/mol. The largest absolute Gasteiger partial charge is 0.354 e. The molecule has 2 aromatic heterocycles. The number of fused-ring (bicyclic) bond motifs is 1. The van der Waals surface area contributed by atoms with Gasteiger partial charge in [0.1, 0.15) is 9.90 Å². The number of hydrogen-bond donors (Lipinski definition) is 4. The Labute approximate surface area is 200 Å². The van der Waals surface area contributed by atoms with E-state index in [1.165, 1.54) is 17.5 Å². The zero-order valence-electron chi connectivity index (χ0n) is 18.5. The molecule has 3 aromatic rings. The molecule has 0 saturated heterocycles. The Morgan fingerprint density at radius 2 is 2.12 bits per heavy atom. The SMILES string of the molecule is CCN1C(=O)CNCc2ccc(Nc3ncc(Cl)c(Nc4c(C)csc4C(=O)NC)n3)cc21. The molecule has 4 N–H and O–H groups in total. The lowest BCUT2D eigenvalue weighted by Crippen LogP contribution is -2.35. The molecule has 3 heterocycles. The number of likely N-dealkylation sites (N-methyl/N-ethyl adjacent to an activating group) is 1. The van der Waals surface area contributed by atoms with Gasteiger partial charge in [0.2, 0.25) is 11.9 Å². The molecule has 0 aliphatic carbocycles. The number of anilines is 5. The lowest BCUT2D eigenvalue weighted by molar-refractivity contribution is -0.117. The van der Waals surface area contributed by atoms with Crippen molar-refractivity contribution in [3.05, 3.63) is 50.8 Å². The van der Waals surface area contributed by atoms with Crippen LogP contribution in [0.1, 0.15) is 27.7 Å². The summed E-state index contributed by atoms with van der Waals surface area (Å²) in [4.78, 5) is 35.7. The summed E-state index contributed by atoms with van der Waals surface area (Å²) in [5, 5.41) is 14.4. The minimum atomic E-state index is -0.186. The molecule has 0 fully saturated rings. The van der Waals surface area contributed by atoms with Crippen molar-refractivity contribution >= 4 is 63.6 Å². The van der Waals surface area contributed by atoms with Gasteiger partial charge in [-0.05, 0) is 42.5 Å². The second kappa shape index (κ2) is 9.74. The van der Waals surface area contributed by atoms with E-state index in [4.69, 9.17) is 11.6 Å². The molecule has 33 heavy (non-hydrogen) atoms. The Balaban J connectivity index is 1.62. The van der Waals surface area contributed by atoms with Gasteiger partial charge in [0, 0.05) is 25.8 Å². The Morgan fingerprint density at radius 1 is 1.30 bits per heavy atom. The first-order valence-electron chi connectivity index (χ1n) is 10.4. The van der Waals surface area contributed by atoms with Gasteiger partial charge < -0.3 is 26.2 Å². The van der Waals surface area contributed by atoms with Crippen LogP contribution in [0.3, 0.4) is 0 Å². The van der Waals surface area contributed by atoms with Gasteiger partial charge in [0.05, 0.1) is 24.1 Å². The number of hydrogen-bond acceptors (Lipinski definition) is 8. The number of nitrogens with zero attached hydrogens (tertiary/aromatic N) is 3. The lowest BCUT2D eigenvalue weighted by atomic mass is 10.1. The highest BCUT2D eigenvalue weighted by Crippen LogP contribution is 2.33. The molecule has 0 bridgehead atoms. The number of nitrogens with one attached hydrogen (secondary N) is 4. The first kappa shape index (κ1) is 23.0. The third-order valence-electron chi connectivity index (χ3n) is 5.24. The van der Waals surface area contributed by atoms with Crippen LogP contribution in [0.15, 0.2) is 29.8 Å². The number of carbonyl (C=O) groups excluding carboxylic acids is 2. The minimum absolute atomic E-state index is 0.0284. The zero-order chi connectivity index (χ0) is 23.5. The number of halogens is 1. The lowest BCUT2D eigenvalue weighted by Gasteiger charge is -2.21. The van der Waals surface area contributed by atoms with Gasteiger partial charge in [-0.15, -0.1) is 11.3 Å². The Morgan fingerprint density at radius 3 is 2.88 bits per heavy atom. The highest BCUT2D eigenvalue weighted by Gasteiger charge is 2.21. The van der Waals surface area contributed by atoms with Crippen LogP contribution in [0.4, 0.5) is 28.8 Å². The van der Waals surface area contributed by atoms with Crippen LogP contribution in [-0.4, -0.2) is 41.9 Å². The first-order chi connectivity index (χ1) is 15.9. The van der Waals surface area contributed by atoms with Crippen molar-refractivity contribution < 1.29 is 9.59 Å². The summed E-state index contributed by atoms with van der Waals surface area (Å²) in [6.45, 7) is 5.37. The smallest absolute Gasteiger partial charge is 0.263 e. The summed E-state index contributed by atoms with van der Waals surface area (Å²) < 4.78 is 0. The summed E-state index contributed by atoms with van der Waals surface area (Å²) in [5.74, 6) is 0.553. The van der Waals surface area contributed by atoms with Crippen LogP contribution >= 0.6 is 22.9 Å². The second-order valence-electron chi connectivity index (χ2n) is 7.43. The van der Waals surface area contributed by atoms with Gasteiger partial charge >= 0.3 is 0 Å². The molecular formula is C22H24ClN7O2S. The van der Waals surface area contributed by atoms with Gasteiger partial charge in [-0.25, -0.2) is 4.98 Å². The molecule has 9 nitrogen and oxygen atoms in total. The van der Waals surface area contributed by atoms with E-state index in [0.29, 0.717) is 47.0 Å². The monoisotopic (exact) mass is 485 g/mol. The van der Waals surface area contributed by atoms with Crippen molar-refractivity contribution in [2.24, 2.45) is 0 Å². The van der Waals surface area contributed by atoms with E-state index in [9.17, 15) is 9.59 Å². The number of aromatic nitrogens is 2. The van der Waals surface area contributed by atoms with Crippen molar-refractivity contribution in [2.45, 2.75) is 20.4 Å². The Bertz CT molecular complexity index is 1210. The quantitative estimate of drug-likeness (QED) is 0.420. The number of aryl methyl sites for hydroxylation is 1. The number of benzene rings is 1.